The maximum Gasteiger partial charge on any atom is 0.306 e. The van der Waals surface area contributed by atoms with Crippen molar-refractivity contribution >= 4 is 15.7 Å². The zero-order chi connectivity index (χ0) is 15.8. The monoisotopic (exact) mass is 314 g/mol. The van der Waals surface area contributed by atoms with Crippen LogP contribution < -0.4 is 0 Å². The molecule has 0 spiro atoms. The van der Waals surface area contributed by atoms with Crippen molar-refractivity contribution in [3.8, 4) is 0 Å². The number of sulfonamides is 1. The lowest BCUT2D eigenvalue weighted by atomic mass is 10.2. The van der Waals surface area contributed by atoms with Gasteiger partial charge in [-0.25, -0.2) is 8.42 Å². The van der Waals surface area contributed by atoms with Gasteiger partial charge in [-0.05, 0) is 31.9 Å². The summed E-state index contributed by atoms with van der Waals surface area (Å²) >= 11 is 0. The zero-order valence-electron chi connectivity index (χ0n) is 11.7. The fourth-order valence-corrected chi connectivity index (χ4v) is 3.84. The summed E-state index contributed by atoms with van der Waals surface area (Å²) in [6, 6.07) is 1.91. The predicted molar refractivity (Wildman–Crippen MR) is 74.9 cm³/mol. The highest BCUT2D eigenvalue weighted by atomic mass is 32.2. The highest BCUT2D eigenvalue weighted by Crippen LogP contribution is 2.28. The maximum absolute atomic E-state index is 13.7. The van der Waals surface area contributed by atoms with Crippen molar-refractivity contribution in [1.29, 1.82) is 0 Å². The summed E-state index contributed by atoms with van der Waals surface area (Å²) in [6.07, 6.45) is 2.54. The van der Waals surface area contributed by atoms with Gasteiger partial charge in [0.15, 0.2) is 0 Å². The van der Waals surface area contributed by atoms with Crippen LogP contribution in [0.2, 0.25) is 0 Å². The number of nitro groups is 1. The van der Waals surface area contributed by atoms with Crippen LogP contribution >= 0.6 is 0 Å². The van der Waals surface area contributed by atoms with E-state index >= 15 is 0 Å². The highest BCUT2D eigenvalue weighted by Gasteiger charge is 2.29. The third kappa shape index (κ3) is 2.96. The number of rotatable bonds is 3. The molecule has 0 radical (unpaired) electrons. The molecule has 0 N–H and O–H groups in total. The predicted octanol–water partition coefficient (Wildman–Crippen LogP) is 2.38. The van der Waals surface area contributed by atoms with Crippen LogP contribution in [0.1, 0.15) is 18.9 Å². The van der Waals surface area contributed by atoms with Crippen molar-refractivity contribution in [2.45, 2.75) is 25.2 Å². The molecule has 1 aromatic carbocycles. The van der Waals surface area contributed by atoms with Crippen molar-refractivity contribution in [3.63, 3.8) is 0 Å². The minimum absolute atomic E-state index is 0.0629. The van der Waals surface area contributed by atoms with Crippen LogP contribution in [0.4, 0.5) is 10.1 Å². The van der Waals surface area contributed by atoms with Gasteiger partial charge in [-0.3, -0.25) is 10.1 Å². The van der Waals surface area contributed by atoms with Crippen LogP contribution in [0.3, 0.4) is 0 Å². The molecule has 0 aromatic heterocycles. The molecule has 0 amide bonds. The van der Waals surface area contributed by atoms with Crippen LogP contribution in [0.15, 0.2) is 28.7 Å². The average Bonchev–Trinajstić information content (AvgIpc) is 2.41. The SMILES string of the molecule is CC1=CCCN(S(=O)(=O)c2cc(C)c(F)c([N+](=O)[O-])c2)C1. The number of hydrogen-bond acceptors (Lipinski definition) is 4. The summed E-state index contributed by atoms with van der Waals surface area (Å²) < 4.78 is 40.0. The second kappa shape index (κ2) is 5.53. The van der Waals surface area contributed by atoms with Gasteiger partial charge in [-0.2, -0.15) is 8.70 Å². The largest absolute Gasteiger partial charge is 0.306 e. The van der Waals surface area contributed by atoms with Gasteiger partial charge in [-0.1, -0.05) is 11.6 Å². The van der Waals surface area contributed by atoms with Crippen LogP contribution in [-0.2, 0) is 10.0 Å². The number of halogens is 1. The van der Waals surface area contributed by atoms with Gasteiger partial charge in [-0.15, -0.1) is 0 Å². The molecular formula is C13H15FN2O4S. The lowest BCUT2D eigenvalue weighted by Crippen LogP contribution is -2.35. The van der Waals surface area contributed by atoms with Crippen LogP contribution in [0, 0.1) is 22.9 Å². The molecule has 0 unspecified atom stereocenters. The van der Waals surface area contributed by atoms with E-state index in [9.17, 15) is 22.9 Å². The smallest absolute Gasteiger partial charge is 0.258 e. The molecule has 114 valence electrons. The molecule has 1 aliphatic rings. The summed E-state index contributed by atoms with van der Waals surface area (Å²) in [5, 5.41) is 10.8. The van der Waals surface area contributed by atoms with E-state index in [4.69, 9.17) is 0 Å². The van der Waals surface area contributed by atoms with E-state index in [1.165, 1.54) is 11.2 Å². The van der Waals surface area contributed by atoms with Gasteiger partial charge in [0.2, 0.25) is 15.8 Å². The Balaban J connectivity index is 2.50. The maximum atomic E-state index is 13.7. The third-order valence-electron chi connectivity index (χ3n) is 3.34. The lowest BCUT2D eigenvalue weighted by Gasteiger charge is -2.25. The Morgan fingerprint density at radius 3 is 2.57 bits per heavy atom. The molecule has 0 saturated carbocycles. The van der Waals surface area contributed by atoms with Gasteiger partial charge >= 0.3 is 5.69 Å². The highest BCUT2D eigenvalue weighted by molar-refractivity contribution is 7.89. The van der Waals surface area contributed by atoms with E-state index < -0.39 is 26.5 Å². The molecule has 1 heterocycles. The molecule has 0 aliphatic carbocycles. The first-order valence-electron chi connectivity index (χ1n) is 6.34. The molecule has 1 aliphatic heterocycles. The number of nitro benzene ring substituents is 1. The standard InChI is InChI=1S/C13H15FN2O4S/c1-9-4-3-5-15(8-9)21(19,20)11-6-10(2)13(14)12(7-11)16(17)18/h4,6-7H,3,5,8H2,1-2H3. The molecule has 2 rings (SSSR count). The number of hydrogen-bond donors (Lipinski definition) is 0. The Hall–Kier alpha value is -1.80. The molecule has 0 saturated heterocycles. The minimum Gasteiger partial charge on any atom is -0.258 e. The van der Waals surface area contributed by atoms with E-state index in [2.05, 4.69) is 0 Å². The second-order valence-electron chi connectivity index (χ2n) is 5.01. The lowest BCUT2D eigenvalue weighted by molar-refractivity contribution is -0.387. The molecule has 8 heteroatoms. The Morgan fingerprint density at radius 2 is 2.00 bits per heavy atom. The molecule has 1 aromatic rings. The van der Waals surface area contributed by atoms with Gasteiger partial charge < -0.3 is 0 Å². The second-order valence-corrected chi connectivity index (χ2v) is 6.95. The van der Waals surface area contributed by atoms with Crippen molar-refractivity contribution < 1.29 is 17.7 Å². The van der Waals surface area contributed by atoms with Crippen LogP contribution in [0.5, 0.6) is 0 Å². The first-order chi connectivity index (χ1) is 9.73. The molecular weight excluding hydrogens is 299 g/mol. The summed E-state index contributed by atoms with van der Waals surface area (Å²) in [4.78, 5) is 9.67. The Kier molecular flexibility index (Phi) is 4.11. The van der Waals surface area contributed by atoms with E-state index in [0.717, 1.165) is 17.7 Å². The normalized spacial score (nSPS) is 16.6. The fraction of sp³-hybridized carbons (Fsp3) is 0.385. The Bertz CT molecular complexity index is 728. The summed E-state index contributed by atoms with van der Waals surface area (Å²) in [7, 11) is -3.87. The average molecular weight is 314 g/mol. The van der Waals surface area contributed by atoms with Crippen molar-refractivity contribution in [2.75, 3.05) is 13.1 Å². The van der Waals surface area contributed by atoms with Crippen LogP contribution in [-0.4, -0.2) is 30.7 Å². The van der Waals surface area contributed by atoms with E-state index in [0.29, 0.717) is 13.0 Å². The molecule has 21 heavy (non-hydrogen) atoms. The Labute approximate surface area is 122 Å². The van der Waals surface area contributed by atoms with Gasteiger partial charge in [0.1, 0.15) is 0 Å². The summed E-state index contributed by atoms with van der Waals surface area (Å²) in [5.74, 6) is -1.01. The Morgan fingerprint density at radius 1 is 1.33 bits per heavy atom. The summed E-state index contributed by atoms with van der Waals surface area (Å²) in [6.45, 7) is 3.68. The molecule has 6 nitrogen and oxygen atoms in total. The topological polar surface area (TPSA) is 80.5 Å². The minimum atomic E-state index is -3.87. The van der Waals surface area contributed by atoms with E-state index in [1.807, 2.05) is 13.0 Å². The first-order valence-corrected chi connectivity index (χ1v) is 7.78. The fourth-order valence-electron chi connectivity index (χ4n) is 2.23. The quantitative estimate of drug-likeness (QED) is 0.487. The van der Waals surface area contributed by atoms with Crippen molar-refractivity contribution in [1.82, 2.24) is 4.31 Å². The van der Waals surface area contributed by atoms with Gasteiger partial charge in [0.05, 0.1) is 9.82 Å². The van der Waals surface area contributed by atoms with Gasteiger partial charge in [0.25, 0.3) is 0 Å². The van der Waals surface area contributed by atoms with Crippen molar-refractivity contribution in [3.05, 3.63) is 45.3 Å². The summed E-state index contributed by atoms with van der Waals surface area (Å²) in [5.41, 5.74) is 0.0306. The number of nitrogens with zero attached hydrogens (tertiary/aromatic N) is 2. The van der Waals surface area contributed by atoms with Crippen molar-refractivity contribution in [2.24, 2.45) is 0 Å². The molecule has 0 fully saturated rings. The number of benzene rings is 1. The van der Waals surface area contributed by atoms with Gasteiger partial charge in [0, 0.05) is 19.2 Å². The van der Waals surface area contributed by atoms with E-state index in [-0.39, 0.29) is 17.0 Å². The molecule has 0 bridgehead atoms. The zero-order valence-corrected chi connectivity index (χ0v) is 12.5. The van der Waals surface area contributed by atoms with E-state index in [1.54, 1.807) is 0 Å². The number of aryl methyl sites for hydroxylation is 1. The third-order valence-corrected chi connectivity index (χ3v) is 5.16. The van der Waals surface area contributed by atoms with Crippen LogP contribution in [0.25, 0.3) is 0 Å². The molecule has 0 atom stereocenters. The first kappa shape index (κ1) is 15.6.